The van der Waals surface area contributed by atoms with Gasteiger partial charge in [-0.2, -0.15) is 0 Å². The van der Waals surface area contributed by atoms with Gasteiger partial charge < -0.3 is 10.2 Å². The van der Waals surface area contributed by atoms with E-state index in [2.05, 4.69) is 28.4 Å². The summed E-state index contributed by atoms with van der Waals surface area (Å²) in [4.78, 5) is 2.21. The van der Waals surface area contributed by atoms with Crippen LogP contribution in [0.2, 0.25) is 0 Å². The minimum Gasteiger partial charge on any atom is -0.385 e. The fraction of sp³-hybridized carbons (Fsp3) is 0.571. The Balaban J connectivity index is 1.86. The Kier molecular flexibility index (Phi) is 3.17. The van der Waals surface area contributed by atoms with E-state index in [1.165, 1.54) is 17.7 Å². The van der Waals surface area contributed by atoms with Gasteiger partial charge in [-0.25, -0.2) is 8.42 Å². The summed E-state index contributed by atoms with van der Waals surface area (Å²) in [6.45, 7) is 3.62. The molecular weight excluding hydrogens is 260 g/mol. The molecule has 1 unspecified atom stereocenters. The lowest BCUT2D eigenvalue weighted by atomic mass is 10.0. The van der Waals surface area contributed by atoms with Crippen LogP contribution in [-0.2, 0) is 16.3 Å². The quantitative estimate of drug-likeness (QED) is 0.850. The van der Waals surface area contributed by atoms with E-state index in [-0.39, 0.29) is 17.5 Å². The van der Waals surface area contributed by atoms with Gasteiger partial charge in [0.15, 0.2) is 9.84 Å². The summed E-state index contributed by atoms with van der Waals surface area (Å²) in [6, 6.07) is 6.52. The smallest absolute Gasteiger partial charge is 0.154 e. The monoisotopic (exact) mass is 280 g/mol. The number of sulfone groups is 1. The highest BCUT2D eigenvalue weighted by atomic mass is 32.2. The summed E-state index contributed by atoms with van der Waals surface area (Å²) in [5, 5.41) is 3.43. The van der Waals surface area contributed by atoms with Crippen molar-refractivity contribution in [2.45, 2.75) is 25.8 Å². The zero-order valence-electron chi connectivity index (χ0n) is 11.2. The Morgan fingerprint density at radius 3 is 3.00 bits per heavy atom. The second-order valence-electron chi connectivity index (χ2n) is 5.53. The predicted octanol–water partition coefficient (Wildman–Crippen LogP) is 1.67. The van der Waals surface area contributed by atoms with Gasteiger partial charge >= 0.3 is 0 Å². The molecule has 0 radical (unpaired) electrons. The molecule has 1 fully saturated rings. The van der Waals surface area contributed by atoms with Crippen molar-refractivity contribution >= 4 is 21.2 Å². The standard InChI is InChI=1S/C14H20N2O2S/c1-11-10-19(17,18)8-7-16(11)13-5-4-12-3-2-6-15-14(12)9-13/h4-5,9,11,15H,2-3,6-8,10H2,1H3. The minimum absolute atomic E-state index is 0.0559. The van der Waals surface area contributed by atoms with Gasteiger partial charge in [-0.15, -0.1) is 0 Å². The Bertz CT molecular complexity index is 583. The van der Waals surface area contributed by atoms with Gasteiger partial charge in [0.2, 0.25) is 0 Å². The molecule has 0 aromatic heterocycles. The van der Waals surface area contributed by atoms with Crippen molar-refractivity contribution in [2.75, 3.05) is 34.8 Å². The first-order chi connectivity index (χ1) is 9.05. The molecule has 3 rings (SSSR count). The lowest BCUT2D eigenvalue weighted by molar-refractivity contribution is 0.568. The van der Waals surface area contributed by atoms with Crippen molar-refractivity contribution < 1.29 is 8.42 Å². The number of fused-ring (bicyclic) bond motifs is 1. The first-order valence-corrected chi connectivity index (χ1v) is 8.71. The van der Waals surface area contributed by atoms with Crippen LogP contribution < -0.4 is 10.2 Å². The molecule has 0 spiro atoms. The topological polar surface area (TPSA) is 49.4 Å². The lowest BCUT2D eigenvalue weighted by Crippen LogP contribution is -2.47. The van der Waals surface area contributed by atoms with Gasteiger partial charge in [0.25, 0.3) is 0 Å². The second kappa shape index (κ2) is 4.71. The highest BCUT2D eigenvalue weighted by Crippen LogP contribution is 2.29. The number of aryl methyl sites for hydroxylation is 1. The van der Waals surface area contributed by atoms with E-state index < -0.39 is 9.84 Å². The van der Waals surface area contributed by atoms with Crippen molar-refractivity contribution in [3.63, 3.8) is 0 Å². The summed E-state index contributed by atoms with van der Waals surface area (Å²) >= 11 is 0. The zero-order chi connectivity index (χ0) is 13.5. The summed E-state index contributed by atoms with van der Waals surface area (Å²) in [5.41, 5.74) is 3.72. The molecule has 0 amide bonds. The van der Waals surface area contributed by atoms with Gasteiger partial charge in [-0.05, 0) is 37.5 Å². The second-order valence-corrected chi connectivity index (χ2v) is 7.76. The number of anilines is 2. The number of benzene rings is 1. The normalized spacial score (nSPS) is 25.5. The van der Waals surface area contributed by atoms with Crippen LogP contribution in [0.15, 0.2) is 18.2 Å². The van der Waals surface area contributed by atoms with E-state index in [0.29, 0.717) is 6.54 Å². The van der Waals surface area contributed by atoms with Crippen LogP contribution >= 0.6 is 0 Å². The average Bonchev–Trinajstić information content (AvgIpc) is 2.37. The van der Waals surface area contributed by atoms with Crippen LogP contribution in [0.5, 0.6) is 0 Å². The Hall–Kier alpha value is -1.23. The lowest BCUT2D eigenvalue weighted by Gasteiger charge is -2.35. The van der Waals surface area contributed by atoms with Gasteiger partial charge in [-0.1, -0.05) is 6.07 Å². The molecule has 1 aromatic rings. The van der Waals surface area contributed by atoms with Crippen molar-refractivity contribution in [3.8, 4) is 0 Å². The Labute approximate surface area is 114 Å². The number of nitrogens with one attached hydrogen (secondary N) is 1. The molecule has 2 aliphatic heterocycles. The third-order valence-electron chi connectivity index (χ3n) is 4.03. The summed E-state index contributed by atoms with van der Waals surface area (Å²) in [7, 11) is -2.85. The highest BCUT2D eigenvalue weighted by molar-refractivity contribution is 7.91. The first-order valence-electron chi connectivity index (χ1n) is 6.89. The van der Waals surface area contributed by atoms with E-state index >= 15 is 0 Å². The number of nitrogens with zero attached hydrogens (tertiary/aromatic N) is 1. The van der Waals surface area contributed by atoms with Gasteiger partial charge in [0.1, 0.15) is 0 Å². The number of rotatable bonds is 1. The van der Waals surface area contributed by atoms with E-state index in [9.17, 15) is 8.42 Å². The van der Waals surface area contributed by atoms with E-state index in [1.54, 1.807) is 0 Å². The van der Waals surface area contributed by atoms with E-state index in [4.69, 9.17) is 0 Å². The van der Waals surface area contributed by atoms with Crippen LogP contribution in [0, 0.1) is 0 Å². The maximum atomic E-state index is 11.6. The highest BCUT2D eigenvalue weighted by Gasteiger charge is 2.28. The molecule has 4 nitrogen and oxygen atoms in total. The molecule has 1 aromatic carbocycles. The van der Waals surface area contributed by atoms with E-state index in [0.717, 1.165) is 18.7 Å². The molecule has 1 N–H and O–H groups in total. The molecule has 0 aliphatic carbocycles. The third kappa shape index (κ3) is 2.56. The van der Waals surface area contributed by atoms with Crippen molar-refractivity contribution in [1.29, 1.82) is 0 Å². The zero-order valence-corrected chi connectivity index (χ0v) is 12.0. The van der Waals surface area contributed by atoms with Crippen LogP contribution in [-0.4, -0.2) is 39.1 Å². The van der Waals surface area contributed by atoms with Crippen molar-refractivity contribution in [3.05, 3.63) is 23.8 Å². The van der Waals surface area contributed by atoms with Crippen LogP contribution in [0.4, 0.5) is 11.4 Å². The maximum Gasteiger partial charge on any atom is 0.154 e. The van der Waals surface area contributed by atoms with E-state index in [1.807, 2.05) is 6.92 Å². The van der Waals surface area contributed by atoms with Gasteiger partial charge in [0.05, 0.1) is 11.5 Å². The van der Waals surface area contributed by atoms with Crippen molar-refractivity contribution in [1.82, 2.24) is 0 Å². The number of hydrogen-bond acceptors (Lipinski definition) is 4. The Morgan fingerprint density at radius 2 is 2.21 bits per heavy atom. The van der Waals surface area contributed by atoms with Gasteiger partial charge in [0, 0.05) is 30.5 Å². The molecule has 1 atom stereocenters. The largest absolute Gasteiger partial charge is 0.385 e. The summed E-state index contributed by atoms with van der Waals surface area (Å²) in [5.74, 6) is 0.527. The average molecular weight is 280 g/mol. The third-order valence-corrected chi connectivity index (χ3v) is 5.83. The van der Waals surface area contributed by atoms with Gasteiger partial charge in [-0.3, -0.25) is 0 Å². The molecule has 1 saturated heterocycles. The first kappa shape index (κ1) is 12.8. The molecule has 2 heterocycles. The van der Waals surface area contributed by atoms with Crippen LogP contribution in [0.1, 0.15) is 18.9 Å². The molecule has 5 heteroatoms. The maximum absolute atomic E-state index is 11.6. The minimum atomic E-state index is -2.85. The van der Waals surface area contributed by atoms with Crippen LogP contribution in [0.3, 0.4) is 0 Å². The fourth-order valence-corrected chi connectivity index (χ4v) is 4.57. The van der Waals surface area contributed by atoms with Crippen LogP contribution in [0.25, 0.3) is 0 Å². The molecule has 0 saturated carbocycles. The molecular formula is C14H20N2O2S. The summed E-state index contributed by atoms with van der Waals surface area (Å²) in [6.07, 6.45) is 2.32. The molecule has 2 aliphatic rings. The summed E-state index contributed by atoms with van der Waals surface area (Å²) < 4.78 is 23.3. The molecule has 104 valence electrons. The SMILES string of the molecule is CC1CS(=O)(=O)CCN1c1ccc2c(c1)NCCC2. The number of hydrogen-bond donors (Lipinski definition) is 1. The van der Waals surface area contributed by atoms with Crippen molar-refractivity contribution in [2.24, 2.45) is 0 Å². The molecule has 19 heavy (non-hydrogen) atoms. The predicted molar refractivity (Wildman–Crippen MR) is 78.7 cm³/mol. The Morgan fingerprint density at radius 1 is 1.37 bits per heavy atom. The molecule has 0 bridgehead atoms. The fourth-order valence-electron chi connectivity index (χ4n) is 3.01.